The molecule has 2 aromatic carbocycles. The summed E-state index contributed by atoms with van der Waals surface area (Å²) in [6.07, 6.45) is 0. The third kappa shape index (κ3) is 3.20. The van der Waals surface area contributed by atoms with Gasteiger partial charge < -0.3 is 5.11 Å². The van der Waals surface area contributed by atoms with Crippen molar-refractivity contribution in [3.8, 4) is 16.9 Å². The van der Waals surface area contributed by atoms with Gasteiger partial charge in [-0.3, -0.25) is 0 Å². The van der Waals surface area contributed by atoms with Crippen LogP contribution in [0.25, 0.3) is 16.9 Å². The van der Waals surface area contributed by atoms with E-state index >= 15 is 0 Å². The Kier molecular flexibility index (Phi) is 4.42. The van der Waals surface area contributed by atoms with Gasteiger partial charge in [-0.1, -0.05) is 29.8 Å². The third-order valence-electron chi connectivity index (χ3n) is 3.48. The quantitative estimate of drug-likeness (QED) is 0.743. The molecule has 0 radical (unpaired) electrons. The zero-order chi connectivity index (χ0) is 17.3. The maximum Gasteiger partial charge on any atom is 0.238 e. The number of aliphatic hydroxyl groups excluding tert-OH is 1. The molecule has 3 aromatic rings. The number of aliphatic hydroxyl groups is 1. The molecule has 6 nitrogen and oxygen atoms in total. The molecular weight excluding hydrogens is 350 g/mol. The minimum Gasteiger partial charge on any atom is -0.390 e. The second-order valence-electron chi connectivity index (χ2n) is 5.11. The van der Waals surface area contributed by atoms with Crippen molar-refractivity contribution in [3.05, 3.63) is 65.3 Å². The zero-order valence-corrected chi connectivity index (χ0v) is 14.0. The molecule has 0 atom stereocenters. The average molecular weight is 364 g/mol. The van der Waals surface area contributed by atoms with Crippen LogP contribution >= 0.6 is 11.6 Å². The van der Waals surface area contributed by atoms with Crippen molar-refractivity contribution in [2.24, 2.45) is 5.14 Å². The summed E-state index contributed by atoms with van der Waals surface area (Å²) < 4.78 is 24.3. The molecule has 8 heteroatoms. The van der Waals surface area contributed by atoms with E-state index in [-0.39, 0.29) is 11.5 Å². The number of aromatic nitrogens is 2. The molecule has 124 valence electrons. The second kappa shape index (κ2) is 6.37. The molecule has 0 amide bonds. The molecule has 1 aromatic heterocycles. The highest BCUT2D eigenvalue weighted by Crippen LogP contribution is 2.30. The van der Waals surface area contributed by atoms with Crippen LogP contribution in [0.5, 0.6) is 0 Å². The fraction of sp³-hybridized carbons (Fsp3) is 0.0625. The van der Waals surface area contributed by atoms with Crippen molar-refractivity contribution < 1.29 is 13.5 Å². The standard InChI is InChI=1S/C16H14ClN3O3S/c17-15-4-2-1-3-14(15)16-9-11(10-21)19-20(16)12-5-7-13(8-6-12)24(18,22)23/h1-9,21H,10H2,(H2,18,22,23). The van der Waals surface area contributed by atoms with Crippen LogP contribution in [0.15, 0.2) is 59.5 Å². The molecule has 0 spiro atoms. The normalized spacial score (nSPS) is 11.6. The lowest BCUT2D eigenvalue weighted by molar-refractivity contribution is 0.276. The van der Waals surface area contributed by atoms with E-state index in [2.05, 4.69) is 5.10 Å². The molecule has 0 aliphatic carbocycles. The Labute approximate surface area is 144 Å². The van der Waals surface area contributed by atoms with Crippen LogP contribution in [-0.2, 0) is 16.6 Å². The van der Waals surface area contributed by atoms with Crippen LogP contribution in [0.4, 0.5) is 0 Å². The molecule has 3 rings (SSSR count). The van der Waals surface area contributed by atoms with E-state index in [4.69, 9.17) is 16.7 Å². The highest BCUT2D eigenvalue weighted by molar-refractivity contribution is 7.89. The number of hydrogen-bond donors (Lipinski definition) is 2. The summed E-state index contributed by atoms with van der Waals surface area (Å²) in [5.41, 5.74) is 2.53. The lowest BCUT2D eigenvalue weighted by Gasteiger charge is -2.09. The van der Waals surface area contributed by atoms with E-state index < -0.39 is 10.0 Å². The number of nitrogens with zero attached hydrogens (tertiary/aromatic N) is 2. The molecule has 0 unspecified atom stereocenters. The van der Waals surface area contributed by atoms with Crippen LogP contribution in [0.3, 0.4) is 0 Å². The predicted molar refractivity (Wildman–Crippen MR) is 91.3 cm³/mol. The second-order valence-corrected chi connectivity index (χ2v) is 7.08. The van der Waals surface area contributed by atoms with Crippen LogP contribution in [0.2, 0.25) is 5.02 Å². The lowest BCUT2D eigenvalue weighted by Crippen LogP contribution is -2.12. The maximum atomic E-state index is 11.4. The first-order chi connectivity index (χ1) is 11.4. The van der Waals surface area contributed by atoms with Crippen molar-refractivity contribution in [2.75, 3.05) is 0 Å². The monoisotopic (exact) mass is 363 g/mol. The molecule has 0 saturated carbocycles. The lowest BCUT2D eigenvalue weighted by atomic mass is 10.1. The van der Waals surface area contributed by atoms with Gasteiger partial charge in [0.15, 0.2) is 0 Å². The van der Waals surface area contributed by atoms with Crippen molar-refractivity contribution in [1.29, 1.82) is 0 Å². The van der Waals surface area contributed by atoms with Gasteiger partial charge in [0.1, 0.15) is 0 Å². The highest BCUT2D eigenvalue weighted by atomic mass is 35.5. The van der Waals surface area contributed by atoms with Gasteiger partial charge in [-0.05, 0) is 36.4 Å². The summed E-state index contributed by atoms with van der Waals surface area (Å²) in [6.45, 7) is -0.223. The molecule has 24 heavy (non-hydrogen) atoms. The van der Waals surface area contributed by atoms with Gasteiger partial charge in [0.05, 0.1) is 28.6 Å². The van der Waals surface area contributed by atoms with Crippen molar-refractivity contribution >= 4 is 21.6 Å². The van der Waals surface area contributed by atoms with Gasteiger partial charge in [-0.15, -0.1) is 0 Å². The van der Waals surface area contributed by atoms with Crippen LogP contribution in [0.1, 0.15) is 5.69 Å². The number of primary sulfonamides is 1. The topological polar surface area (TPSA) is 98.2 Å². The number of benzene rings is 2. The summed E-state index contributed by atoms with van der Waals surface area (Å²) in [5.74, 6) is 0. The summed E-state index contributed by atoms with van der Waals surface area (Å²) in [5, 5.41) is 19.4. The fourth-order valence-corrected chi connectivity index (χ4v) is 3.09. The smallest absolute Gasteiger partial charge is 0.238 e. The zero-order valence-electron chi connectivity index (χ0n) is 12.4. The Bertz CT molecular complexity index is 982. The molecule has 0 fully saturated rings. The first-order valence-corrected chi connectivity index (χ1v) is 8.90. The maximum absolute atomic E-state index is 11.4. The molecule has 0 bridgehead atoms. The number of hydrogen-bond acceptors (Lipinski definition) is 4. The number of sulfonamides is 1. The van der Waals surface area contributed by atoms with Crippen molar-refractivity contribution in [2.45, 2.75) is 11.5 Å². The van der Waals surface area contributed by atoms with E-state index in [0.29, 0.717) is 22.1 Å². The first-order valence-electron chi connectivity index (χ1n) is 6.98. The van der Waals surface area contributed by atoms with Gasteiger partial charge >= 0.3 is 0 Å². The third-order valence-corrected chi connectivity index (χ3v) is 4.74. The Morgan fingerprint density at radius 2 is 1.79 bits per heavy atom. The summed E-state index contributed by atoms with van der Waals surface area (Å²) in [6, 6.07) is 15.0. The van der Waals surface area contributed by atoms with Gasteiger partial charge in [0, 0.05) is 10.6 Å². The summed E-state index contributed by atoms with van der Waals surface area (Å²) in [7, 11) is -3.76. The molecule has 3 N–H and O–H groups in total. The minimum atomic E-state index is -3.76. The van der Waals surface area contributed by atoms with Crippen LogP contribution < -0.4 is 5.14 Å². The first kappa shape index (κ1) is 16.7. The van der Waals surface area contributed by atoms with Crippen molar-refractivity contribution in [1.82, 2.24) is 9.78 Å². The Balaban J connectivity index is 2.15. The van der Waals surface area contributed by atoms with Gasteiger partial charge in [-0.2, -0.15) is 5.10 Å². The van der Waals surface area contributed by atoms with Crippen LogP contribution in [-0.4, -0.2) is 23.3 Å². The van der Waals surface area contributed by atoms with Gasteiger partial charge in [0.25, 0.3) is 0 Å². The molecular formula is C16H14ClN3O3S. The number of nitrogens with two attached hydrogens (primary N) is 1. The largest absolute Gasteiger partial charge is 0.390 e. The SMILES string of the molecule is NS(=O)(=O)c1ccc(-n2nc(CO)cc2-c2ccccc2Cl)cc1. The average Bonchev–Trinajstić information content (AvgIpc) is 2.99. The summed E-state index contributed by atoms with van der Waals surface area (Å²) in [4.78, 5) is 0.0140. The number of rotatable bonds is 4. The number of halogens is 1. The van der Waals surface area contributed by atoms with Gasteiger partial charge in [-0.25, -0.2) is 18.2 Å². The predicted octanol–water partition coefficient (Wildman–Crippen LogP) is 2.33. The van der Waals surface area contributed by atoms with Crippen LogP contribution in [0, 0.1) is 0 Å². The Morgan fingerprint density at radius 1 is 1.12 bits per heavy atom. The minimum absolute atomic E-state index is 0.0140. The fourth-order valence-electron chi connectivity index (χ4n) is 2.34. The van der Waals surface area contributed by atoms with Crippen molar-refractivity contribution in [3.63, 3.8) is 0 Å². The molecule has 0 aliphatic rings. The van der Waals surface area contributed by atoms with E-state index in [0.717, 1.165) is 5.56 Å². The Morgan fingerprint density at radius 3 is 2.38 bits per heavy atom. The van der Waals surface area contributed by atoms with Gasteiger partial charge in [0.2, 0.25) is 10.0 Å². The molecule has 0 aliphatic heterocycles. The van der Waals surface area contributed by atoms with E-state index in [9.17, 15) is 13.5 Å². The molecule has 1 heterocycles. The molecule has 0 saturated heterocycles. The van der Waals surface area contributed by atoms with E-state index in [1.165, 1.54) is 12.1 Å². The van der Waals surface area contributed by atoms with E-state index in [1.807, 2.05) is 18.2 Å². The summed E-state index contributed by atoms with van der Waals surface area (Å²) >= 11 is 6.26. The Hall–Kier alpha value is -2.19. The van der Waals surface area contributed by atoms with E-state index in [1.54, 1.807) is 28.9 Å². The highest BCUT2D eigenvalue weighted by Gasteiger charge is 2.15.